The van der Waals surface area contributed by atoms with Crippen molar-refractivity contribution in [3.63, 3.8) is 0 Å². The van der Waals surface area contributed by atoms with Crippen LogP contribution in [0.5, 0.6) is 0 Å². The van der Waals surface area contributed by atoms with Gasteiger partial charge in [0.25, 0.3) is 0 Å². The first kappa shape index (κ1) is 9.14. The summed E-state index contributed by atoms with van der Waals surface area (Å²) >= 11 is 0. The number of nitrogens with zero attached hydrogens (tertiary/aromatic N) is 1. The average molecular weight is 147 g/mol. The molecule has 0 unspecified atom stereocenters. The maximum atomic E-state index is 5.56. The van der Waals surface area contributed by atoms with Crippen LogP contribution in [0.1, 0.15) is 6.92 Å². The van der Waals surface area contributed by atoms with E-state index in [4.69, 9.17) is 4.53 Å². The Kier molecular flexibility index (Phi) is 3.39. The van der Waals surface area contributed by atoms with Crippen molar-refractivity contribution in [2.45, 2.75) is 26.1 Å². The van der Waals surface area contributed by atoms with Gasteiger partial charge in [-0.3, -0.25) is 0 Å². The molecule has 0 fully saturated rings. The van der Waals surface area contributed by atoms with Crippen LogP contribution in [0.3, 0.4) is 0 Å². The van der Waals surface area contributed by atoms with E-state index in [2.05, 4.69) is 20.0 Å². The van der Waals surface area contributed by atoms with Crippen molar-refractivity contribution in [1.82, 2.24) is 5.06 Å². The van der Waals surface area contributed by atoms with Crippen molar-refractivity contribution in [2.24, 2.45) is 0 Å². The number of hydrogen-bond acceptors (Lipinski definition) is 2. The summed E-state index contributed by atoms with van der Waals surface area (Å²) in [5, 5.41) is 1.80. The highest BCUT2D eigenvalue weighted by atomic mass is 28.4. The zero-order valence-electron chi connectivity index (χ0n) is 7.06. The zero-order valence-corrected chi connectivity index (χ0v) is 8.06. The van der Waals surface area contributed by atoms with Crippen LogP contribution in [-0.2, 0) is 4.53 Å². The van der Waals surface area contributed by atoms with E-state index in [0.29, 0.717) is 0 Å². The lowest BCUT2D eigenvalue weighted by Crippen LogP contribution is -2.35. The first-order chi connectivity index (χ1) is 3.98. The summed E-state index contributed by atoms with van der Waals surface area (Å²) in [6.45, 7) is 6.61. The summed E-state index contributed by atoms with van der Waals surface area (Å²) in [5.41, 5.74) is 0. The molecular weight excluding hydrogens is 130 g/mol. The number of hydrogen-bond donors (Lipinski definition) is 0. The van der Waals surface area contributed by atoms with Crippen LogP contribution < -0.4 is 0 Å². The molecule has 0 radical (unpaired) electrons. The topological polar surface area (TPSA) is 12.5 Å². The highest BCUT2D eigenvalue weighted by Crippen LogP contribution is 2.09. The van der Waals surface area contributed by atoms with Crippen LogP contribution in [0.2, 0.25) is 19.1 Å². The Bertz CT molecular complexity index is 83.1. The quantitative estimate of drug-likeness (QED) is 0.445. The first-order valence-corrected chi connectivity index (χ1v) is 6.46. The van der Waals surface area contributed by atoms with Gasteiger partial charge in [0, 0.05) is 14.1 Å². The van der Waals surface area contributed by atoms with Gasteiger partial charge >= 0.3 is 0 Å². The molecule has 0 atom stereocenters. The minimum absolute atomic E-state index is 1.17. The zero-order chi connectivity index (χ0) is 7.49. The Morgan fingerprint density at radius 1 is 1.33 bits per heavy atom. The molecule has 0 spiro atoms. The second-order valence-corrected chi connectivity index (χ2v) is 7.43. The predicted molar refractivity (Wildman–Crippen MR) is 42.7 cm³/mol. The van der Waals surface area contributed by atoms with Gasteiger partial charge < -0.3 is 4.53 Å². The van der Waals surface area contributed by atoms with E-state index < -0.39 is 8.32 Å². The third-order valence-electron chi connectivity index (χ3n) is 1.28. The van der Waals surface area contributed by atoms with Crippen LogP contribution in [0.25, 0.3) is 0 Å². The molecule has 0 saturated carbocycles. The minimum atomic E-state index is -1.31. The Hall–Kier alpha value is 0.137. The lowest BCUT2D eigenvalue weighted by atomic mass is 11.0. The van der Waals surface area contributed by atoms with E-state index in [1.807, 2.05) is 14.1 Å². The molecule has 0 amide bonds. The van der Waals surface area contributed by atoms with Crippen LogP contribution in [0, 0.1) is 0 Å². The summed E-state index contributed by atoms with van der Waals surface area (Å²) in [6.07, 6.45) is 0. The normalized spacial score (nSPS) is 12.7. The van der Waals surface area contributed by atoms with Gasteiger partial charge in [-0.05, 0) is 19.1 Å². The van der Waals surface area contributed by atoms with Crippen molar-refractivity contribution < 1.29 is 4.53 Å². The van der Waals surface area contributed by atoms with Gasteiger partial charge in [0.15, 0.2) is 0 Å². The molecule has 56 valence electrons. The second kappa shape index (κ2) is 3.34. The molecule has 3 heteroatoms. The fourth-order valence-electron chi connectivity index (χ4n) is 0.559. The summed E-state index contributed by atoms with van der Waals surface area (Å²) in [7, 11) is 2.56. The van der Waals surface area contributed by atoms with Gasteiger partial charge in [-0.2, -0.15) is 0 Å². The van der Waals surface area contributed by atoms with Crippen molar-refractivity contribution in [2.75, 3.05) is 14.1 Å². The Balaban J connectivity index is 3.58. The third kappa shape index (κ3) is 4.63. The summed E-state index contributed by atoms with van der Waals surface area (Å²) in [4.78, 5) is 0. The Morgan fingerprint density at radius 3 is 1.89 bits per heavy atom. The summed E-state index contributed by atoms with van der Waals surface area (Å²) in [6, 6.07) is 1.17. The summed E-state index contributed by atoms with van der Waals surface area (Å²) in [5.74, 6) is 0. The largest absolute Gasteiger partial charge is 0.344 e. The second-order valence-electron chi connectivity index (χ2n) is 3.02. The Morgan fingerprint density at radius 2 is 1.78 bits per heavy atom. The highest BCUT2D eigenvalue weighted by Gasteiger charge is 2.20. The fourth-order valence-corrected chi connectivity index (χ4v) is 1.68. The Labute approximate surface area is 58.9 Å². The number of rotatable bonds is 3. The molecule has 0 heterocycles. The predicted octanol–water partition coefficient (Wildman–Crippen LogP) is 1.70. The van der Waals surface area contributed by atoms with Crippen LogP contribution in [0.4, 0.5) is 0 Å². The highest BCUT2D eigenvalue weighted by molar-refractivity contribution is 6.70. The van der Waals surface area contributed by atoms with Crippen LogP contribution in [0.15, 0.2) is 0 Å². The molecule has 0 bridgehead atoms. The molecule has 0 aliphatic heterocycles. The monoisotopic (exact) mass is 147 g/mol. The smallest absolute Gasteiger partial charge is 0.214 e. The van der Waals surface area contributed by atoms with Gasteiger partial charge in [0.1, 0.15) is 0 Å². The van der Waals surface area contributed by atoms with Crippen LogP contribution >= 0.6 is 0 Å². The van der Waals surface area contributed by atoms with Crippen molar-refractivity contribution in [1.29, 1.82) is 0 Å². The molecule has 0 aliphatic rings. The van der Waals surface area contributed by atoms with Crippen LogP contribution in [-0.4, -0.2) is 27.5 Å². The molecular formula is C6H17NOSi. The molecule has 0 aromatic rings. The maximum Gasteiger partial charge on any atom is 0.214 e. The van der Waals surface area contributed by atoms with Crippen molar-refractivity contribution >= 4 is 8.32 Å². The minimum Gasteiger partial charge on any atom is -0.344 e. The average Bonchev–Trinajstić information content (AvgIpc) is 1.63. The van der Waals surface area contributed by atoms with E-state index in [0.717, 1.165) is 0 Å². The lowest BCUT2D eigenvalue weighted by molar-refractivity contribution is -0.0147. The first-order valence-electron chi connectivity index (χ1n) is 3.34. The number of hydroxylamine groups is 2. The SMILES string of the molecule is CC[Si](C)(C)ON(C)C. The fraction of sp³-hybridized carbons (Fsp3) is 1.00. The van der Waals surface area contributed by atoms with Gasteiger partial charge in [-0.1, -0.05) is 6.92 Å². The van der Waals surface area contributed by atoms with Gasteiger partial charge in [0.05, 0.1) is 0 Å². The summed E-state index contributed by atoms with van der Waals surface area (Å²) < 4.78 is 5.56. The molecule has 2 nitrogen and oxygen atoms in total. The molecule has 0 aliphatic carbocycles. The molecule has 0 aromatic heterocycles. The molecule has 0 N–H and O–H groups in total. The maximum absolute atomic E-state index is 5.56. The van der Waals surface area contributed by atoms with Gasteiger partial charge in [-0.15, -0.1) is 0 Å². The van der Waals surface area contributed by atoms with Crippen molar-refractivity contribution in [3.05, 3.63) is 0 Å². The van der Waals surface area contributed by atoms with E-state index >= 15 is 0 Å². The van der Waals surface area contributed by atoms with E-state index in [1.165, 1.54) is 6.04 Å². The molecule has 0 rings (SSSR count). The molecule has 0 aromatic carbocycles. The van der Waals surface area contributed by atoms with Gasteiger partial charge in [-0.25, -0.2) is 5.06 Å². The van der Waals surface area contributed by atoms with E-state index in [1.54, 1.807) is 5.06 Å². The molecule has 0 saturated heterocycles. The van der Waals surface area contributed by atoms with Crippen molar-refractivity contribution in [3.8, 4) is 0 Å². The molecule has 9 heavy (non-hydrogen) atoms. The van der Waals surface area contributed by atoms with Gasteiger partial charge in [0.2, 0.25) is 8.32 Å². The standard InChI is InChI=1S/C6H17NOSi/c1-6-9(4,5)8-7(2)3/h6H2,1-5H3. The van der Waals surface area contributed by atoms with E-state index in [-0.39, 0.29) is 0 Å². The lowest BCUT2D eigenvalue weighted by Gasteiger charge is -2.24. The van der Waals surface area contributed by atoms with E-state index in [9.17, 15) is 0 Å². The third-order valence-corrected chi connectivity index (χ3v) is 3.84.